The number of pyridine rings is 2. The van der Waals surface area contributed by atoms with Gasteiger partial charge in [-0.1, -0.05) is 36.3 Å². The number of carbonyl (C=O) groups excluding carboxylic acids is 1. The van der Waals surface area contributed by atoms with Crippen LogP contribution >= 0.6 is 0 Å². The van der Waals surface area contributed by atoms with Crippen LogP contribution in [0.5, 0.6) is 0 Å². The Morgan fingerprint density at radius 1 is 0.933 bits per heavy atom. The van der Waals surface area contributed by atoms with Gasteiger partial charge in [0.15, 0.2) is 0 Å². The molecule has 2 aromatic carbocycles. The van der Waals surface area contributed by atoms with Crippen molar-refractivity contribution in [3.63, 3.8) is 0 Å². The normalized spacial score (nSPS) is 12.1. The van der Waals surface area contributed by atoms with Gasteiger partial charge in [0, 0.05) is 28.5 Å². The molecular weight excluding hydrogens is 370 g/mol. The molecule has 1 aliphatic carbocycles. The third-order valence-corrected chi connectivity index (χ3v) is 5.27. The fraction of sp³-hybridized carbons (Fsp3) is 0.115. The van der Waals surface area contributed by atoms with Crippen molar-refractivity contribution < 1.29 is 4.79 Å². The van der Waals surface area contributed by atoms with Crippen LogP contribution in [0, 0.1) is 11.8 Å². The zero-order chi connectivity index (χ0) is 20.3. The van der Waals surface area contributed by atoms with E-state index in [1.165, 1.54) is 0 Å². The zero-order valence-electron chi connectivity index (χ0n) is 16.4. The summed E-state index contributed by atoms with van der Waals surface area (Å²) < 4.78 is 0. The summed E-state index contributed by atoms with van der Waals surface area (Å²) in [5.74, 6) is 6.07. The van der Waals surface area contributed by atoms with Gasteiger partial charge in [-0.15, -0.1) is 0 Å². The van der Waals surface area contributed by atoms with E-state index in [4.69, 9.17) is 4.98 Å². The summed E-state index contributed by atoms with van der Waals surface area (Å²) in [6, 6.07) is 21.1. The number of aryl methyl sites for hydroxylation is 1. The van der Waals surface area contributed by atoms with Crippen LogP contribution in [0.4, 0.5) is 5.69 Å². The lowest BCUT2D eigenvalue weighted by atomic mass is 10.0. The number of fused-ring (bicyclic) bond motifs is 2. The molecule has 4 heteroatoms. The van der Waals surface area contributed by atoms with Gasteiger partial charge in [0.05, 0.1) is 11.1 Å². The maximum absolute atomic E-state index is 13.3. The van der Waals surface area contributed by atoms with E-state index in [2.05, 4.69) is 22.1 Å². The van der Waals surface area contributed by atoms with Gasteiger partial charge in [0.25, 0.3) is 5.91 Å². The van der Waals surface area contributed by atoms with Gasteiger partial charge < -0.3 is 5.32 Å². The number of para-hydroxylation sites is 1. The number of nitrogens with zero attached hydrogens (tertiary/aromatic N) is 2. The topological polar surface area (TPSA) is 54.9 Å². The van der Waals surface area contributed by atoms with Crippen LogP contribution in [0.2, 0.25) is 0 Å². The predicted molar refractivity (Wildman–Crippen MR) is 118 cm³/mol. The Kier molecular flexibility index (Phi) is 4.71. The molecule has 5 rings (SSSR count). The Labute approximate surface area is 175 Å². The standard InChI is InChI=1S/C26H19N3O/c30-26(25-21-10-1-2-12-23(21)29-24-13-6-11-22(24)25)28-20-9-5-7-18(17-20)14-15-19-8-3-4-16-27-19/h1-5,7-10,12,16-17H,6,11,13H2,(H,28,30). The fourth-order valence-electron chi connectivity index (χ4n) is 3.91. The van der Waals surface area contributed by atoms with Crippen LogP contribution in [0.1, 0.15) is 39.3 Å². The van der Waals surface area contributed by atoms with Gasteiger partial charge in [-0.25, -0.2) is 4.98 Å². The van der Waals surface area contributed by atoms with E-state index in [0.29, 0.717) is 5.69 Å². The second kappa shape index (κ2) is 7.81. The molecule has 0 aliphatic heterocycles. The number of carbonyl (C=O) groups is 1. The molecule has 1 aliphatic rings. The zero-order valence-corrected chi connectivity index (χ0v) is 16.4. The number of nitrogens with one attached hydrogen (secondary N) is 1. The molecular formula is C26H19N3O. The third kappa shape index (κ3) is 3.54. The Morgan fingerprint density at radius 2 is 1.83 bits per heavy atom. The summed E-state index contributed by atoms with van der Waals surface area (Å²) in [6.45, 7) is 0. The molecule has 0 fully saturated rings. The minimum atomic E-state index is -0.0958. The summed E-state index contributed by atoms with van der Waals surface area (Å²) in [5, 5.41) is 3.97. The number of aromatic nitrogens is 2. The van der Waals surface area contributed by atoms with Crippen molar-refractivity contribution in [1.29, 1.82) is 0 Å². The highest BCUT2D eigenvalue weighted by atomic mass is 16.1. The summed E-state index contributed by atoms with van der Waals surface area (Å²) in [6.07, 6.45) is 4.58. The van der Waals surface area contributed by atoms with Crippen molar-refractivity contribution in [2.75, 3.05) is 5.32 Å². The van der Waals surface area contributed by atoms with Crippen molar-refractivity contribution in [3.8, 4) is 11.8 Å². The van der Waals surface area contributed by atoms with Gasteiger partial charge in [0.2, 0.25) is 0 Å². The van der Waals surface area contributed by atoms with Crippen LogP contribution in [-0.2, 0) is 12.8 Å². The first-order valence-corrected chi connectivity index (χ1v) is 10.0. The molecule has 0 unspecified atom stereocenters. The van der Waals surface area contributed by atoms with Crippen molar-refractivity contribution in [2.24, 2.45) is 0 Å². The van der Waals surface area contributed by atoms with E-state index in [0.717, 1.165) is 58.2 Å². The molecule has 0 saturated heterocycles. The van der Waals surface area contributed by atoms with Crippen LogP contribution in [0.25, 0.3) is 10.9 Å². The highest BCUT2D eigenvalue weighted by Crippen LogP contribution is 2.30. The smallest absolute Gasteiger partial charge is 0.256 e. The van der Waals surface area contributed by atoms with E-state index in [1.807, 2.05) is 66.7 Å². The second-order valence-corrected chi connectivity index (χ2v) is 7.28. The molecule has 1 N–H and O–H groups in total. The lowest BCUT2D eigenvalue weighted by Gasteiger charge is -2.13. The van der Waals surface area contributed by atoms with Gasteiger partial charge in [-0.3, -0.25) is 9.78 Å². The van der Waals surface area contributed by atoms with Gasteiger partial charge in [-0.2, -0.15) is 0 Å². The van der Waals surface area contributed by atoms with E-state index < -0.39 is 0 Å². The maximum atomic E-state index is 13.3. The molecule has 0 saturated carbocycles. The minimum Gasteiger partial charge on any atom is -0.322 e. The Hall–Kier alpha value is -3.97. The molecule has 4 nitrogen and oxygen atoms in total. The van der Waals surface area contributed by atoms with Gasteiger partial charge in [0.1, 0.15) is 5.69 Å². The monoisotopic (exact) mass is 389 g/mol. The third-order valence-electron chi connectivity index (χ3n) is 5.27. The van der Waals surface area contributed by atoms with E-state index in [-0.39, 0.29) is 5.91 Å². The lowest BCUT2D eigenvalue weighted by molar-refractivity contribution is 0.102. The molecule has 30 heavy (non-hydrogen) atoms. The summed E-state index contributed by atoms with van der Waals surface area (Å²) in [5.41, 5.74) is 6.01. The molecule has 0 radical (unpaired) electrons. The molecule has 144 valence electrons. The number of benzene rings is 2. The average Bonchev–Trinajstić information content (AvgIpc) is 3.25. The molecule has 0 bridgehead atoms. The van der Waals surface area contributed by atoms with Crippen LogP contribution in [-0.4, -0.2) is 15.9 Å². The molecule has 1 amide bonds. The lowest BCUT2D eigenvalue weighted by Crippen LogP contribution is -2.15. The van der Waals surface area contributed by atoms with Crippen molar-refractivity contribution in [1.82, 2.24) is 9.97 Å². The molecule has 0 spiro atoms. The van der Waals surface area contributed by atoms with Gasteiger partial charge >= 0.3 is 0 Å². The van der Waals surface area contributed by atoms with E-state index in [9.17, 15) is 4.79 Å². The summed E-state index contributed by atoms with van der Waals surface area (Å²) in [7, 11) is 0. The first-order chi connectivity index (χ1) is 14.8. The number of hydrogen-bond acceptors (Lipinski definition) is 3. The molecule has 2 heterocycles. The van der Waals surface area contributed by atoms with Crippen molar-refractivity contribution in [3.05, 3.63) is 101 Å². The predicted octanol–water partition coefficient (Wildman–Crippen LogP) is 4.77. The van der Waals surface area contributed by atoms with Crippen molar-refractivity contribution >= 4 is 22.5 Å². The second-order valence-electron chi connectivity index (χ2n) is 7.28. The highest BCUT2D eigenvalue weighted by molar-refractivity contribution is 6.13. The quantitative estimate of drug-likeness (QED) is 0.503. The van der Waals surface area contributed by atoms with E-state index >= 15 is 0 Å². The van der Waals surface area contributed by atoms with Crippen molar-refractivity contribution in [2.45, 2.75) is 19.3 Å². The molecule has 4 aromatic rings. The Bertz CT molecular complexity index is 1320. The fourth-order valence-corrected chi connectivity index (χ4v) is 3.91. The van der Waals surface area contributed by atoms with Crippen LogP contribution in [0.15, 0.2) is 72.9 Å². The molecule has 2 aromatic heterocycles. The first-order valence-electron chi connectivity index (χ1n) is 10.0. The molecule has 0 atom stereocenters. The van der Waals surface area contributed by atoms with E-state index in [1.54, 1.807) is 6.20 Å². The highest BCUT2D eigenvalue weighted by Gasteiger charge is 2.23. The van der Waals surface area contributed by atoms with Crippen LogP contribution in [0.3, 0.4) is 0 Å². The Balaban J connectivity index is 1.47. The Morgan fingerprint density at radius 3 is 2.73 bits per heavy atom. The summed E-state index contributed by atoms with van der Waals surface area (Å²) >= 11 is 0. The number of amides is 1. The SMILES string of the molecule is O=C(Nc1cccc(C#Cc2ccccn2)c1)c1c2c(nc3ccccc13)CCC2. The number of rotatable bonds is 2. The summed E-state index contributed by atoms with van der Waals surface area (Å²) in [4.78, 5) is 22.3. The largest absolute Gasteiger partial charge is 0.322 e. The number of anilines is 1. The van der Waals surface area contributed by atoms with Crippen LogP contribution < -0.4 is 5.32 Å². The van der Waals surface area contributed by atoms with Gasteiger partial charge in [-0.05, 0) is 67.1 Å². The first kappa shape index (κ1) is 18.1. The number of hydrogen-bond donors (Lipinski definition) is 1. The minimum absolute atomic E-state index is 0.0958. The average molecular weight is 389 g/mol. The maximum Gasteiger partial charge on any atom is 0.256 e.